The lowest BCUT2D eigenvalue weighted by molar-refractivity contribution is 0.361. The van der Waals surface area contributed by atoms with Gasteiger partial charge in [0.25, 0.3) is 0 Å². The van der Waals surface area contributed by atoms with Gasteiger partial charge in [-0.25, -0.2) is 4.98 Å². The Kier molecular flexibility index (Phi) is 5.32. The number of methoxy groups -OCH3 is 1. The summed E-state index contributed by atoms with van der Waals surface area (Å²) in [4.78, 5) is 24.3. The van der Waals surface area contributed by atoms with Gasteiger partial charge >= 0.3 is 0 Å². The van der Waals surface area contributed by atoms with Crippen molar-refractivity contribution in [1.29, 1.82) is 0 Å². The highest BCUT2D eigenvalue weighted by Crippen LogP contribution is 2.37. The first-order chi connectivity index (χ1) is 15.7. The van der Waals surface area contributed by atoms with Crippen LogP contribution in [0.25, 0.3) is 11.4 Å². The Hall–Kier alpha value is -4.08. The largest absolute Gasteiger partial charge is 0.481 e. The van der Waals surface area contributed by atoms with Gasteiger partial charge in [-0.3, -0.25) is 9.97 Å². The van der Waals surface area contributed by atoms with Crippen LogP contribution in [0.2, 0.25) is 0 Å². The summed E-state index contributed by atoms with van der Waals surface area (Å²) in [7, 11) is 1.58. The van der Waals surface area contributed by atoms with E-state index in [0.29, 0.717) is 29.2 Å². The van der Waals surface area contributed by atoms with Crippen LogP contribution in [0.15, 0.2) is 53.4 Å². The maximum Gasteiger partial charge on any atom is 0.231 e. The zero-order valence-corrected chi connectivity index (χ0v) is 17.8. The minimum atomic E-state index is -0.0286. The lowest BCUT2D eigenvalue weighted by Crippen LogP contribution is -2.24. The highest BCUT2D eigenvalue weighted by molar-refractivity contribution is 5.56. The van der Waals surface area contributed by atoms with Crippen LogP contribution >= 0.6 is 0 Å². The summed E-state index contributed by atoms with van der Waals surface area (Å²) < 4.78 is 11.1. The number of rotatable bonds is 6. The summed E-state index contributed by atoms with van der Waals surface area (Å²) in [5, 5.41) is 7.39. The molecule has 4 aromatic rings. The molecule has 5 heterocycles. The zero-order chi connectivity index (χ0) is 21.9. The third kappa shape index (κ3) is 4.07. The molecule has 10 heteroatoms. The molecule has 32 heavy (non-hydrogen) atoms. The highest BCUT2D eigenvalue weighted by Gasteiger charge is 2.32. The number of anilines is 3. The fraction of sp³-hybridized carbons (Fsp3) is 0.273. The predicted octanol–water partition coefficient (Wildman–Crippen LogP) is 3.72. The van der Waals surface area contributed by atoms with E-state index in [4.69, 9.17) is 14.2 Å². The number of aryl methyl sites for hydroxylation is 1. The maximum atomic E-state index is 5.70. The van der Waals surface area contributed by atoms with Crippen molar-refractivity contribution >= 4 is 17.6 Å². The molecule has 162 valence electrons. The molecular formula is C22H22N8O2. The normalized spacial score (nSPS) is 15.7. The van der Waals surface area contributed by atoms with E-state index in [2.05, 4.69) is 35.3 Å². The molecule has 0 bridgehead atoms. The van der Waals surface area contributed by atoms with Crippen molar-refractivity contribution in [2.45, 2.75) is 25.8 Å². The van der Waals surface area contributed by atoms with Crippen molar-refractivity contribution in [3.05, 3.63) is 60.4 Å². The Morgan fingerprint density at radius 3 is 2.78 bits per heavy atom. The molecule has 0 aliphatic carbocycles. The predicted molar refractivity (Wildman–Crippen MR) is 118 cm³/mol. The van der Waals surface area contributed by atoms with Crippen LogP contribution in [0, 0.1) is 6.92 Å². The molecule has 5 rings (SSSR count). The Morgan fingerprint density at radius 2 is 2.00 bits per heavy atom. The van der Waals surface area contributed by atoms with Gasteiger partial charge in [-0.1, -0.05) is 11.2 Å². The van der Waals surface area contributed by atoms with Crippen molar-refractivity contribution in [3.63, 3.8) is 0 Å². The topological polar surface area (TPSA) is 115 Å². The quantitative estimate of drug-likeness (QED) is 0.485. The molecule has 1 fully saturated rings. The molecule has 0 unspecified atom stereocenters. The van der Waals surface area contributed by atoms with Gasteiger partial charge in [0.1, 0.15) is 17.3 Å². The maximum absolute atomic E-state index is 5.70. The van der Waals surface area contributed by atoms with Crippen LogP contribution in [0.1, 0.15) is 30.3 Å². The van der Waals surface area contributed by atoms with E-state index in [9.17, 15) is 0 Å². The first-order valence-corrected chi connectivity index (χ1v) is 10.3. The Labute approximate surface area is 184 Å². The molecule has 10 nitrogen and oxygen atoms in total. The molecule has 4 aromatic heterocycles. The van der Waals surface area contributed by atoms with E-state index >= 15 is 0 Å². The van der Waals surface area contributed by atoms with Crippen LogP contribution in [0.4, 0.5) is 17.6 Å². The molecule has 0 saturated carbocycles. The smallest absolute Gasteiger partial charge is 0.231 e. The van der Waals surface area contributed by atoms with Crippen LogP contribution in [-0.4, -0.2) is 43.7 Å². The van der Waals surface area contributed by atoms with Crippen LogP contribution in [-0.2, 0) is 0 Å². The third-order valence-electron chi connectivity index (χ3n) is 5.23. The highest BCUT2D eigenvalue weighted by atomic mass is 16.5. The first kappa shape index (κ1) is 19.9. The molecular weight excluding hydrogens is 408 g/mol. The van der Waals surface area contributed by atoms with Crippen molar-refractivity contribution < 1.29 is 9.26 Å². The van der Waals surface area contributed by atoms with Crippen molar-refractivity contribution in [1.82, 2.24) is 30.1 Å². The average molecular weight is 430 g/mol. The summed E-state index contributed by atoms with van der Waals surface area (Å²) in [6.07, 6.45) is 6.99. The van der Waals surface area contributed by atoms with Gasteiger partial charge in [0.2, 0.25) is 11.8 Å². The van der Waals surface area contributed by atoms with E-state index in [1.54, 1.807) is 31.8 Å². The van der Waals surface area contributed by atoms with Crippen molar-refractivity contribution in [3.8, 4) is 17.3 Å². The van der Waals surface area contributed by atoms with Crippen LogP contribution in [0.3, 0.4) is 0 Å². The lowest BCUT2D eigenvalue weighted by Gasteiger charge is -2.23. The summed E-state index contributed by atoms with van der Waals surface area (Å²) in [5.41, 5.74) is 2.32. The van der Waals surface area contributed by atoms with Crippen molar-refractivity contribution in [2.75, 3.05) is 23.9 Å². The fourth-order valence-electron chi connectivity index (χ4n) is 3.68. The van der Waals surface area contributed by atoms with Gasteiger partial charge in [0.05, 0.1) is 36.9 Å². The fourth-order valence-corrected chi connectivity index (χ4v) is 3.68. The number of nitrogens with zero attached hydrogens (tertiary/aromatic N) is 7. The molecule has 0 amide bonds. The second kappa shape index (κ2) is 8.58. The number of hydrogen-bond acceptors (Lipinski definition) is 10. The zero-order valence-electron chi connectivity index (χ0n) is 17.8. The van der Waals surface area contributed by atoms with Gasteiger partial charge in [-0.2, -0.15) is 9.97 Å². The molecule has 1 N–H and O–H groups in total. The van der Waals surface area contributed by atoms with E-state index < -0.39 is 0 Å². The number of hydrogen-bond donors (Lipinski definition) is 1. The first-order valence-electron chi connectivity index (χ1n) is 10.3. The monoisotopic (exact) mass is 430 g/mol. The Morgan fingerprint density at radius 1 is 1.06 bits per heavy atom. The average Bonchev–Trinajstić information content (AvgIpc) is 3.51. The summed E-state index contributed by atoms with van der Waals surface area (Å²) in [6.45, 7) is 2.68. The van der Waals surface area contributed by atoms with Crippen LogP contribution < -0.4 is 15.0 Å². The van der Waals surface area contributed by atoms with Crippen LogP contribution in [0.5, 0.6) is 5.88 Å². The molecule has 1 saturated heterocycles. The standard InChI is InChI=1S/C22H22N8O2/c1-14-12-25-20(13-24-14)26-19-11-21(31-2)28-22(27-19)30-9-5-7-17(30)18-10-16(29-32-18)15-6-3-4-8-23-15/h3-4,6,8,10-13,17H,5,7,9H2,1-2H3,(H,25,26,27,28)/t17-/m0/s1. The molecule has 1 atom stereocenters. The molecule has 1 aliphatic rings. The third-order valence-corrected chi connectivity index (χ3v) is 5.23. The van der Waals surface area contributed by atoms with Gasteiger partial charge in [0, 0.05) is 24.9 Å². The lowest BCUT2D eigenvalue weighted by atomic mass is 10.1. The molecule has 0 spiro atoms. The SMILES string of the molecule is COc1cc(Nc2cnc(C)cn2)nc(N2CCC[C@H]2c2cc(-c3ccccn3)no2)n1. The van der Waals surface area contributed by atoms with E-state index in [-0.39, 0.29) is 6.04 Å². The van der Waals surface area contributed by atoms with Gasteiger partial charge < -0.3 is 19.5 Å². The van der Waals surface area contributed by atoms with E-state index in [1.165, 1.54) is 0 Å². The van der Waals surface area contributed by atoms with E-state index in [1.807, 2.05) is 31.2 Å². The second-order valence-corrected chi connectivity index (χ2v) is 7.44. The molecule has 1 aliphatic heterocycles. The number of nitrogens with one attached hydrogen (secondary N) is 1. The number of ether oxygens (including phenoxy) is 1. The van der Waals surface area contributed by atoms with Crippen molar-refractivity contribution in [2.24, 2.45) is 0 Å². The second-order valence-electron chi connectivity index (χ2n) is 7.44. The summed E-state index contributed by atoms with van der Waals surface area (Å²) in [6, 6.07) is 9.34. The van der Waals surface area contributed by atoms with Gasteiger partial charge in [-0.05, 0) is 31.9 Å². The Bertz CT molecular complexity index is 1200. The molecule has 0 radical (unpaired) electrons. The summed E-state index contributed by atoms with van der Waals surface area (Å²) in [5.74, 6) is 2.92. The minimum Gasteiger partial charge on any atom is -0.481 e. The number of aromatic nitrogens is 6. The van der Waals surface area contributed by atoms with E-state index in [0.717, 1.165) is 36.5 Å². The number of pyridine rings is 1. The summed E-state index contributed by atoms with van der Waals surface area (Å²) >= 11 is 0. The Balaban J connectivity index is 1.43. The van der Waals surface area contributed by atoms with Gasteiger partial charge in [-0.15, -0.1) is 0 Å². The molecule has 0 aromatic carbocycles. The minimum absolute atomic E-state index is 0.0286. The van der Waals surface area contributed by atoms with Gasteiger partial charge in [0.15, 0.2) is 5.76 Å².